The number of thioether (sulfide) groups is 1. The number of sulfonamides is 1. The number of hydrogen-bond acceptors (Lipinski definition) is 5. The maximum atomic E-state index is 13.4. The van der Waals surface area contributed by atoms with Crippen molar-refractivity contribution in [2.45, 2.75) is 10.6 Å². The second kappa shape index (κ2) is 12.4. The number of nitrogens with zero attached hydrogens (tertiary/aromatic N) is 1. The fourth-order valence-corrected chi connectivity index (χ4v) is 6.20. The van der Waals surface area contributed by atoms with Crippen molar-refractivity contribution in [2.24, 2.45) is 0 Å². The molecule has 34 heavy (non-hydrogen) atoms. The van der Waals surface area contributed by atoms with Crippen LogP contribution in [0.3, 0.4) is 0 Å². The summed E-state index contributed by atoms with van der Waals surface area (Å²) in [4.78, 5) is 12.8. The molecule has 3 rings (SSSR count). The first-order chi connectivity index (χ1) is 16.3. The minimum Gasteiger partial charge on any atom is -0.495 e. The lowest BCUT2D eigenvalue weighted by molar-refractivity contribution is -0.119. The van der Waals surface area contributed by atoms with Gasteiger partial charge in [-0.1, -0.05) is 59.6 Å². The van der Waals surface area contributed by atoms with Gasteiger partial charge in [0.15, 0.2) is 0 Å². The van der Waals surface area contributed by atoms with Gasteiger partial charge in [-0.05, 0) is 42.0 Å². The van der Waals surface area contributed by atoms with Crippen molar-refractivity contribution < 1.29 is 17.9 Å². The summed E-state index contributed by atoms with van der Waals surface area (Å²) in [5, 5.41) is 3.99. The molecule has 0 aliphatic rings. The van der Waals surface area contributed by atoms with Crippen LogP contribution in [0, 0.1) is 0 Å². The van der Waals surface area contributed by atoms with Crippen molar-refractivity contribution in [1.82, 2.24) is 5.32 Å². The van der Waals surface area contributed by atoms with Crippen LogP contribution in [-0.4, -0.2) is 40.3 Å². The molecule has 0 heterocycles. The van der Waals surface area contributed by atoms with Gasteiger partial charge in [-0.15, -0.1) is 0 Å². The molecule has 6 nitrogen and oxygen atoms in total. The third-order valence-electron chi connectivity index (χ3n) is 4.85. The highest BCUT2D eigenvalue weighted by molar-refractivity contribution is 7.98. The Hall–Kier alpha value is -2.39. The molecule has 0 saturated heterocycles. The number of amides is 1. The number of carbonyl (C=O) groups is 1. The van der Waals surface area contributed by atoms with Gasteiger partial charge in [-0.2, -0.15) is 11.8 Å². The van der Waals surface area contributed by atoms with Gasteiger partial charge in [-0.3, -0.25) is 9.10 Å². The predicted octanol–water partition coefficient (Wildman–Crippen LogP) is 5.25. The Morgan fingerprint density at radius 2 is 1.62 bits per heavy atom. The number of halogens is 2. The van der Waals surface area contributed by atoms with Gasteiger partial charge < -0.3 is 10.1 Å². The van der Waals surface area contributed by atoms with Gasteiger partial charge in [0.2, 0.25) is 5.91 Å². The zero-order valence-electron chi connectivity index (χ0n) is 18.4. The number of methoxy groups -OCH3 is 1. The molecule has 180 valence electrons. The molecule has 1 N–H and O–H groups in total. The number of rotatable bonds is 11. The van der Waals surface area contributed by atoms with Crippen molar-refractivity contribution in [3.8, 4) is 5.75 Å². The zero-order valence-corrected chi connectivity index (χ0v) is 21.6. The Labute approximate surface area is 214 Å². The molecule has 3 aromatic carbocycles. The van der Waals surface area contributed by atoms with E-state index in [2.05, 4.69) is 5.32 Å². The molecule has 0 aliphatic carbocycles. The van der Waals surface area contributed by atoms with E-state index < -0.39 is 22.5 Å². The quantitative estimate of drug-likeness (QED) is 0.337. The second-order valence-corrected chi connectivity index (χ2v) is 10.9. The molecule has 0 unspecified atom stereocenters. The zero-order chi connectivity index (χ0) is 24.6. The Bertz CT molecular complexity index is 1200. The van der Waals surface area contributed by atoms with Crippen LogP contribution in [0.2, 0.25) is 10.0 Å². The summed E-state index contributed by atoms with van der Waals surface area (Å²) in [6.07, 6.45) is 0. The summed E-state index contributed by atoms with van der Waals surface area (Å²) in [5.74, 6) is 1.13. The number of anilines is 1. The topological polar surface area (TPSA) is 75.7 Å². The van der Waals surface area contributed by atoms with Gasteiger partial charge >= 0.3 is 0 Å². The van der Waals surface area contributed by atoms with Crippen molar-refractivity contribution in [1.29, 1.82) is 0 Å². The molecular formula is C24H24Cl2N2O4S2. The van der Waals surface area contributed by atoms with E-state index in [0.29, 0.717) is 33.8 Å². The Kier molecular flexibility index (Phi) is 9.53. The van der Waals surface area contributed by atoms with E-state index in [-0.39, 0.29) is 10.6 Å². The molecule has 0 aliphatic heterocycles. The maximum Gasteiger partial charge on any atom is 0.264 e. The van der Waals surface area contributed by atoms with Crippen LogP contribution < -0.4 is 14.4 Å². The number of para-hydroxylation sites is 2. The molecule has 10 heteroatoms. The molecule has 0 aromatic heterocycles. The third kappa shape index (κ3) is 6.60. The average Bonchev–Trinajstić information content (AvgIpc) is 2.84. The highest BCUT2D eigenvalue weighted by Gasteiger charge is 2.29. The summed E-state index contributed by atoms with van der Waals surface area (Å²) in [5.41, 5.74) is 1.13. The van der Waals surface area contributed by atoms with Gasteiger partial charge in [-0.25, -0.2) is 8.42 Å². The Morgan fingerprint density at radius 3 is 2.29 bits per heavy atom. The standard InChI is InChI=1S/C24H24Cl2N2O4S2/c1-32-23-13-6-5-12-22(23)28(34(30,31)18-8-3-2-4-9-18)16-24(29)27-14-15-33-17-19-20(25)10-7-11-21(19)26/h2-13H,14-17H2,1H3,(H,27,29). The number of benzene rings is 3. The van der Waals surface area contributed by atoms with E-state index in [1.807, 2.05) is 0 Å². The van der Waals surface area contributed by atoms with E-state index in [9.17, 15) is 13.2 Å². The van der Waals surface area contributed by atoms with Crippen molar-refractivity contribution in [3.05, 3.63) is 88.4 Å². The summed E-state index contributed by atoms with van der Waals surface area (Å²) in [7, 11) is -2.55. The van der Waals surface area contributed by atoms with Crippen molar-refractivity contribution >= 4 is 56.6 Å². The summed E-state index contributed by atoms with van der Waals surface area (Å²) < 4.78 is 33.2. The number of hydrogen-bond donors (Lipinski definition) is 1. The normalized spacial score (nSPS) is 11.1. The molecule has 0 saturated carbocycles. The highest BCUT2D eigenvalue weighted by Crippen LogP contribution is 2.32. The SMILES string of the molecule is COc1ccccc1N(CC(=O)NCCSCc1c(Cl)cccc1Cl)S(=O)(=O)c1ccccc1. The maximum absolute atomic E-state index is 13.4. The first-order valence-corrected chi connectivity index (χ1v) is 13.7. The molecule has 0 fully saturated rings. The molecule has 0 atom stereocenters. The first kappa shape index (κ1) is 26.2. The molecule has 0 bridgehead atoms. The van der Waals surface area contributed by atoms with Crippen LogP contribution in [0.5, 0.6) is 5.75 Å². The van der Waals surface area contributed by atoms with Crippen LogP contribution in [0.25, 0.3) is 0 Å². The fraction of sp³-hybridized carbons (Fsp3) is 0.208. The van der Waals surface area contributed by atoms with Crippen LogP contribution in [0.4, 0.5) is 5.69 Å². The lowest BCUT2D eigenvalue weighted by atomic mass is 10.2. The van der Waals surface area contributed by atoms with Gasteiger partial charge in [0, 0.05) is 28.1 Å². The predicted molar refractivity (Wildman–Crippen MR) is 140 cm³/mol. The second-order valence-electron chi connectivity index (χ2n) is 7.10. The largest absolute Gasteiger partial charge is 0.495 e. The minimum absolute atomic E-state index is 0.0841. The molecule has 0 spiro atoms. The lowest BCUT2D eigenvalue weighted by Gasteiger charge is -2.25. The van der Waals surface area contributed by atoms with Crippen molar-refractivity contribution in [3.63, 3.8) is 0 Å². The smallest absolute Gasteiger partial charge is 0.264 e. The van der Waals surface area contributed by atoms with Crippen LogP contribution >= 0.6 is 35.0 Å². The molecular weight excluding hydrogens is 515 g/mol. The monoisotopic (exact) mass is 538 g/mol. The summed E-state index contributed by atoms with van der Waals surface area (Å²) >= 11 is 13.9. The van der Waals surface area contributed by atoms with Crippen LogP contribution in [0.15, 0.2) is 77.7 Å². The van der Waals surface area contributed by atoms with Crippen molar-refractivity contribution in [2.75, 3.05) is 30.3 Å². The van der Waals surface area contributed by atoms with Gasteiger partial charge in [0.25, 0.3) is 10.0 Å². The van der Waals surface area contributed by atoms with E-state index in [0.717, 1.165) is 9.87 Å². The third-order valence-corrected chi connectivity index (χ3v) is 8.32. The Morgan fingerprint density at radius 1 is 0.971 bits per heavy atom. The Balaban J connectivity index is 1.67. The van der Waals surface area contributed by atoms with Crippen LogP contribution in [0.1, 0.15) is 5.56 Å². The minimum atomic E-state index is -4.00. The van der Waals surface area contributed by atoms with Gasteiger partial charge in [0.1, 0.15) is 12.3 Å². The van der Waals surface area contributed by atoms with E-state index in [1.165, 1.54) is 19.2 Å². The molecule has 0 radical (unpaired) electrons. The number of nitrogens with one attached hydrogen (secondary N) is 1. The van der Waals surface area contributed by atoms with E-state index in [1.54, 1.807) is 72.4 Å². The van der Waals surface area contributed by atoms with Gasteiger partial charge in [0.05, 0.1) is 17.7 Å². The van der Waals surface area contributed by atoms with E-state index >= 15 is 0 Å². The number of carbonyl (C=O) groups excluding carboxylic acids is 1. The summed E-state index contributed by atoms with van der Waals surface area (Å²) in [6.45, 7) is -0.0324. The van der Waals surface area contributed by atoms with E-state index in [4.69, 9.17) is 27.9 Å². The molecule has 1 amide bonds. The number of ether oxygens (including phenoxy) is 1. The lowest BCUT2D eigenvalue weighted by Crippen LogP contribution is -2.41. The first-order valence-electron chi connectivity index (χ1n) is 10.3. The molecule has 3 aromatic rings. The fourth-order valence-electron chi connectivity index (χ4n) is 3.15. The highest BCUT2D eigenvalue weighted by atomic mass is 35.5. The summed E-state index contributed by atoms with van der Waals surface area (Å²) in [6, 6.07) is 20.0. The average molecular weight is 540 g/mol. The van der Waals surface area contributed by atoms with Crippen LogP contribution in [-0.2, 0) is 20.6 Å².